The molecule has 0 saturated heterocycles. The molecule has 6 N–H and O–H groups in total. The van der Waals surface area contributed by atoms with Gasteiger partial charge in [-0.05, 0) is 35.4 Å². The Kier molecular flexibility index (Phi) is 3.68. The van der Waals surface area contributed by atoms with Gasteiger partial charge in [-0.25, -0.2) is 4.98 Å². The third kappa shape index (κ3) is 2.90. The second-order valence-corrected chi connectivity index (χ2v) is 6.83. The van der Waals surface area contributed by atoms with Crippen LogP contribution in [-0.2, 0) is 12.8 Å². The van der Waals surface area contributed by atoms with Gasteiger partial charge in [-0.2, -0.15) is 15.2 Å². The Hall–Kier alpha value is -3.94. The van der Waals surface area contributed by atoms with Crippen molar-refractivity contribution >= 4 is 33.6 Å². The van der Waals surface area contributed by atoms with Gasteiger partial charge in [0.2, 0.25) is 5.95 Å². The summed E-state index contributed by atoms with van der Waals surface area (Å²) in [5.74, 6) is 0.602. The summed E-state index contributed by atoms with van der Waals surface area (Å²) in [5.41, 5.74) is 18.1. The number of nitrogens with one attached hydrogen (secondary N) is 2. The normalized spacial score (nSPS) is 11.4. The van der Waals surface area contributed by atoms with Crippen molar-refractivity contribution < 1.29 is 0 Å². The molecule has 0 aliphatic carbocycles. The minimum atomic E-state index is 0.186. The molecule has 8 nitrogen and oxygen atoms in total. The lowest BCUT2D eigenvalue weighted by atomic mass is 9.98. The number of hydrogen-bond acceptors (Lipinski definition) is 6. The summed E-state index contributed by atoms with van der Waals surface area (Å²) < 4.78 is 0. The zero-order valence-electron chi connectivity index (χ0n) is 15.0. The number of H-pyrrole nitrogens is 2. The number of hydrogen-bond donors (Lipinski definition) is 4. The van der Waals surface area contributed by atoms with Gasteiger partial charge in [-0.15, -0.1) is 0 Å². The fourth-order valence-corrected chi connectivity index (χ4v) is 3.51. The number of nitrogens with zero attached hydrogens (tertiary/aromatic N) is 4. The average molecular weight is 370 g/mol. The number of benzene rings is 2. The maximum absolute atomic E-state index is 6.23. The Morgan fingerprint density at radius 2 is 1.36 bits per heavy atom. The summed E-state index contributed by atoms with van der Waals surface area (Å²) in [7, 11) is 0. The molecular formula is C20H18N8. The van der Waals surface area contributed by atoms with Gasteiger partial charge >= 0.3 is 0 Å². The molecule has 3 heterocycles. The lowest BCUT2D eigenvalue weighted by molar-refractivity contribution is 0.982. The zero-order chi connectivity index (χ0) is 19.1. The number of rotatable bonds is 4. The smallest absolute Gasteiger partial charge is 0.222 e. The Labute approximate surface area is 160 Å². The van der Waals surface area contributed by atoms with E-state index in [1.807, 2.05) is 24.5 Å². The van der Waals surface area contributed by atoms with Gasteiger partial charge in [0.15, 0.2) is 0 Å². The van der Waals surface area contributed by atoms with Gasteiger partial charge in [0, 0.05) is 29.2 Å². The number of nitrogens with two attached hydrogens (primary N) is 2. The van der Waals surface area contributed by atoms with E-state index in [9.17, 15) is 0 Å². The van der Waals surface area contributed by atoms with Crippen molar-refractivity contribution in [2.24, 2.45) is 0 Å². The van der Waals surface area contributed by atoms with Crippen LogP contribution in [0.1, 0.15) is 22.4 Å². The highest BCUT2D eigenvalue weighted by molar-refractivity contribution is 5.79. The molecule has 0 fully saturated rings. The summed E-state index contributed by atoms with van der Waals surface area (Å²) in [6, 6.07) is 12.3. The van der Waals surface area contributed by atoms with Crippen LogP contribution in [-0.4, -0.2) is 30.4 Å². The molecule has 2 aromatic carbocycles. The molecule has 0 atom stereocenters. The second-order valence-electron chi connectivity index (χ2n) is 6.83. The lowest BCUT2D eigenvalue weighted by Crippen LogP contribution is -2.10. The number of nitrogen functional groups attached to an aromatic ring is 2. The first kappa shape index (κ1) is 16.2. The van der Waals surface area contributed by atoms with Crippen LogP contribution in [0.2, 0.25) is 0 Å². The molecule has 0 bridgehead atoms. The van der Waals surface area contributed by atoms with E-state index in [2.05, 4.69) is 54.6 Å². The Bertz CT molecular complexity index is 1300. The fraction of sp³-hybridized carbons (Fsp3) is 0.100. The van der Waals surface area contributed by atoms with Gasteiger partial charge in [-0.1, -0.05) is 12.1 Å². The van der Waals surface area contributed by atoms with Gasteiger partial charge in [-0.3, -0.25) is 10.2 Å². The minimum absolute atomic E-state index is 0.186. The summed E-state index contributed by atoms with van der Waals surface area (Å²) in [4.78, 5) is 8.67. The zero-order valence-corrected chi connectivity index (χ0v) is 15.0. The molecule has 0 aliphatic heterocycles. The van der Waals surface area contributed by atoms with Crippen molar-refractivity contribution in [1.82, 2.24) is 30.4 Å². The SMILES string of the molecule is Nc1nc(N)c(Cc2ccc3[nH]ncc3c2)c(Cc2ccc3[nH]ncc3c2)n1. The van der Waals surface area contributed by atoms with Crippen molar-refractivity contribution in [3.8, 4) is 0 Å². The van der Waals surface area contributed by atoms with Crippen LogP contribution in [0.3, 0.4) is 0 Å². The van der Waals surface area contributed by atoms with Crippen molar-refractivity contribution in [2.45, 2.75) is 12.8 Å². The molecular weight excluding hydrogens is 352 g/mol. The summed E-state index contributed by atoms with van der Waals surface area (Å²) in [5, 5.41) is 16.2. The standard InChI is InChI=1S/C20H18N8/c21-19-15(7-11-1-3-16-13(5-11)9-23-27-16)18(25-20(22)26-19)8-12-2-4-17-14(6-12)10-24-28-17/h1-6,9-10H,7-8H2,(H,23,27)(H,24,28)(H4,21,22,25,26). The Balaban J connectivity index is 1.53. The first-order chi connectivity index (χ1) is 13.7. The van der Waals surface area contributed by atoms with E-state index in [-0.39, 0.29) is 5.95 Å². The van der Waals surface area contributed by atoms with E-state index in [4.69, 9.17) is 11.5 Å². The van der Waals surface area contributed by atoms with Crippen LogP contribution in [0.15, 0.2) is 48.8 Å². The van der Waals surface area contributed by atoms with E-state index < -0.39 is 0 Å². The molecule has 138 valence electrons. The molecule has 0 spiro atoms. The van der Waals surface area contributed by atoms with Crippen molar-refractivity contribution in [3.05, 3.63) is 71.2 Å². The maximum Gasteiger partial charge on any atom is 0.222 e. The topological polar surface area (TPSA) is 135 Å². The Morgan fingerprint density at radius 1 is 0.750 bits per heavy atom. The molecule has 0 saturated carbocycles. The predicted molar refractivity (Wildman–Crippen MR) is 109 cm³/mol. The average Bonchev–Trinajstić information content (AvgIpc) is 3.32. The molecule has 3 aromatic heterocycles. The quantitative estimate of drug-likeness (QED) is 0.384. The summed E-state index contributed by atoms with van der Waals surface area (Å²) in [6.45, 7) is 0. The molecule has 0 aliphatic rings. The highest BCUT2D eigenvalue weighted by atomic mass is 15.1. The molecule has 5 rings (SSSR count). The summed E-state index contributed by atoms with van der Waals surface area (Å²) >= 11 is 0. The first-order valence-electron chi connectivity index (χ1n) is 8.90. The van der Waals surface area contributed by atoms with Gasteiger partial charge in [0.1, 0.15) is 5.82 Å². The highest BCUT2D eigenvalue weighted by Crippen LogP contribution is 2.24. The van der Waals surface area contributed by atoms with Crippen LogP contribution in [0.4, 0.5) is 11.8 Å². The van der Waals surface area contributed by atoms with E-state index in [0.717, 1.165) is 44.2 Å². The molecule has 5 aromatic rings. The fourth-order valence-electron chi connectivity index (χ4n) is 3.51. The first-order valence-corrected chi connectivity index (χ1v) is 8.90. The third-order valence-corrected chi connectivity index (χ3v) is 4.90. The summed E-state index contributed by atoms with van der Waals surface area (Å²) in [6.07, 6.45) is 4.85. The molecule has 0 unspecified atom stereocenters. The van der Waals surface area contributed by atoms with Crippen molar-refractivity contribution in [2.75, 3.05) is 11.5 Å². The van der Waals surface area contributed by atoms with Crippen molar-refractivity contribution in [3.63, 3.8) is 0 Å². The highest BCUT2D eigenvalue weighted by Gasteiger charge is 2.14. The van der Waals surface area contributed by atoms with Crippen LogP contribution < -0.4 is 11.5 Å². The number of fused-ring (bicyclic) bond motifs is 2. The number of anilines is 2. The van der Waals surface area contributed by atoms with Crippen LogP contribution >= 0.6 is 0 Å². The van der Waals surface area contributed by atoms with Crippen LogP contribution in [0, 0.1) is 0 Å². The van der Waals surface area contributed by atoms with Crippen molar-refractivity contribution in [1.29, 1.82) is 0 Å². The number of aromatic nitrogens is 6. The second kappa shape index (κ2) is 6.34. The molecule has 0 amide bonds. The van der Waals surface area contributed by atoms with E-state index in [1.165, 1.54) is 0 Å². The van der Waals surface area contributed by atoms with Crippen LogP contribution in [0.25, 0.3) is 21.8 Å². The van der Waals surface area contributed by atoms with Gasteiger partial charge in [0.05, 0.1) is 29.1 Å². The molecule has 8 heteroatoms. The predicted octanol–water partition coefficient (Wildman–Crippen LogP) is 2.58. The largest absolute Gasteiger partial charge is 0.383 e. The molecule has 0 radical (unpaired) electrons. The number of aromatic amines is 2. The molecule has 28 heavy (non-hydrogen) atoms. The minimum Gasteiger partial charge on any atom is -0.383 e. The van der Waals surface area contributed by atoms with E-state index in [1.54, 1.807) is 0 Å². The maximum atomic E-state index is 6.23. The Morgan fingerprint density at radius 3 is 2.00 bits per heavy atom. The van der Waals surface area contributed by atoms with Gasteiger partial charge in [0.25, 0.3) is 0 Å². The van der Waals surface area contributed by atoms with Crippen LogP contribution in [0.5, 0.6) is 0 Å². The monoisotopic (exact) mass is 370 g/mol. The lowest BCUT2D eigenvalue weighted by Gasteiger charge is -2.12. The van der Waals surface area contributed by atoms with E-state index >= 15 is 0 Å². The third-order valence-electron chi connectivity index (χ3n) is 4.90. The van der Waals surface area contributed by atoms with Gasteiger partial charge < -0.3 is 11.5 Å². The van der Waals surface area contributed by atoms with E-state index in [0.29, 0.717) is 18.7 Å².